The number of morpholine rings is 1. The first-order chi connectivity index (χ1) is 10.5. The second-order valence-electron chi connectivity index (χ2n) is 5.40. The highest BCUT2D eigenvalue weighted by Crippen LogP contribution is 2.21. The molecule has 1 aromatic carbocycles. The van der Waals surface area contributed by atoms with E-state index in [9.17, 15) is 9.90 Å². The van der Waals surface area contributed by atoms with E-state index in [0.717, 1.165) is 5.56 Å². The number of urea groups is 1. The molecular formula is C15H20Cl2N2O3. The average molecular weight is 347 g/mol. The lowest BCUT2D eigenvalue weighted by Gasteiger charge is -2.36. The van der Waals surface area contributed by atoms with E-state index in [4.69, 9.17) is 27.9 Å². The van der Waals surface area contributed by atoms with Crippen LogP contribution in [-0.4, -0.2) is 47.9 Å². The average Bonchev–Trinajstić information content (AvgIpc) is 2.46. The van der Waals surface area contributed by atoms with E-state index in [-0.39, 0.29) is 12.1 Å². The van der Waals surface area contributed by atoms with Crippen molar-refractivity contribution in [2.24, 2.45) is 0 Å². The molecule has 2 rings (SSSR count). The molecule has 1 heterocycles. The van der Waals surface area contributed by atoms with Gasteiger partial charge in [0, 0.05) is 23.1 Å². The minimum atomic E-state index is -0.479. The summed E-state index contributed by atoms with van der Waals surface area (Å²) in [4.78, 5) is 14.1. The van der Waals surface area contributed by atoms with Crippen LogP contribution in [0.5, 0.6) is 0 Å². The normalized spacial score (nSPS) is 19.8. The van der Waals surface area contributed by atoms with Crippen LogP contribution in [0, 0.1) is 0 Å². The first kappa shape index (κ1) is 17.3. The zero-order chi connectivity index (χ0) is 16.1. The van der Waals surface area contributed by atoms with E-state index in [1.807, 2.05) is 0 Å². The Balaban J connectivity index is 1.95. The van der Waals surface area contributed by atoms with Crippen LogP contribution < -0.4 is 5.32 Å². The molecule has 2 atom stereocenters. The molecule has 1 aliphatic rings. The van der Waals surface area contributed by atoms with Gasteiger partial charge >= 0.3 is 6.03 Å². The molecule has 2 amide bonds. The summed E-state index contributed by atoms with van der Waals surface area (Å²) < 4.78 is 5.39. The van der Waals surface area contributed by atoms with E-state index in [1.165, 1.54) is 0 Å². The first-order valence-electron chi connectivity index (χ1n) is 7.21. The van der Waals surface area contributed by atoms with Gasteiger partial charge in [0.25, 0.3) is 0 Å². The molecule has 2 N–H and O–H groups in total. The predicted molar refractivity (Wildman–Crippen MR) is 86.3 cm³/mol. The fourth-order valence-corrected chi connectivity index (χ4v) is 2.92. The Morgan fingerprint density at radius 2 is 2.32 bits per heavy atom. The van der Waals surface area contributed by atoms with Gasteiger partial charge in [0.2, 0.25) is 0 Å². The maximum atomic E-state index is 12.4. The van der Waals surface area contributed by atoms with Crippen molar-refractivity contribution >= 4 is 29.2 Å². The van der Waals surface area contributed by atoms with Crippen LogP contribution >= 0.6 is 23.2 Å². The van der Waals surface area contributed by atoms with Crippen LogP contribution in [0.2, 0.25) is 10.0 Å². The van der Waals surface area contributed by atoms with Crippen LogP contribution in [0.3, 0.4) is 0 Å². The zero-order valence-electron chi connectivity index (χ0n) is 12.4. The number of aliphatic hydroxyl groups is 1. The van der Waals surface area contributed by atoms with Crippen molar-refractivity contribution in [1.82, 2.24) is 10.2 Å². The second-order valence-corrected chi connectivity index (χ2v) is 6.24. The molecule has 22 heavy (non-hydrogen) atoms. The van der Waals surface area contributed by atoms with Crippen molar-refractivity contribution in [3.05, 3.63) is 33.8 Å². The Morgan fingerprint density at radius 3 is 3.00 bits per heavy atom. The van der Waals surface area contributed by atoms with Crippen LogP contribution in [0.4, 0.5) is 4.79 Å². The minimum Gasteiger partial charge on any atom is -0.393 e. The molecule has 0 aromatic heterocycles. The van der Waals surface area contributed by atoms with Gasteiger partial charge in [-0.05, 0) is 31.0 Å². The molecule has 122 valence electrons. The molecular weight excluding hydrogens is 327 g/mol. The molecule has 0 bridgehead atoms. The van der Waals surface area contributed by atoms with E-state index in [2.05, 4.69) is 5.32 Å². The molecule has 0 aliphatic carbocycles. The van der Waals surface area contributed by atoms with Gasteiger partial charge in [-0.15, -0.1) is 0 Å². The number of halogens is 2. The van der Waals surface area contributed by atoms with E-state index >= 15 is 0 Å². The number of aliphatic hydroxyl groups excluding tert-OH is 1. The number of ether oxygens (including phenoxy) is 1. The number of nitrogens with zero attached hydrogens (tertiary/aromatic N) is 1. The van der Waals surface area contributed by atoms with Crippen LogP contribution in [-0.2, 0) is 11.3 Å². The number of benzene rings is 1. The predicted octanol–water partition coefficient (Wildman–Crippen LogP) is 2.67. The van der Waals surface area contributed by atoms with Gasteiger partial charge in [0.15, 0.2) is 0 Å². The molecule has 1 aromatic rings. The third-order valence-electron chi connectivity index (χ3n) is 3.55. The number of carbonyl (C=O) groups is 1. The van der Waals surface area contributed by atoms with Gasteiger partial charge in [-0.25, -0.2) is 4.79 Å². The van der Waals surface area contributed by atoms with Gasteiger partial charge in [0.1, 0.15) is 0 Å². The summed E-state index contributed by atoms with van der Waals surface area (Å²) >= 11 is 11.9. The number of amides is 2. The Kier molecular flexibility index (Phi) is 6.32. The van der Waals surface area contributed by atoms with Crippen molar-refractivity contribution in [3.63, 3.8) is 0 Å². The van der Waals surface area contributed by atoms with Gasteiger partial charge in [0.05, 0.1) is 25.4 Å². The standard InChI is InChI=1S/C15H20Cl2N2O3/c1-10(20)6-13-9-22-5-4-19(13)15(21)18-8-11-2-3-12(16)7-14(11)17/h2-3,7,10,13,20H,4-6,8-9H2,1H3,(H,18,21). The summed E-state index contributed by atoms with van der Waals surface area (Å²) in [6, 6.07) is 4.88. The lowest BCUT2D eigenvalue weighted by molar-refractivity contribution is -0.00437. The SMILES string of the molecule is CC(O)CC1COCCN1C(=O)NCc1ccc(Cl)cc1Cl. The smallest absolute Gasteiger partial charge is 0.318 e. The largest absolute Gasteiger partial charge is 0.393 e. The van der Waals surface area contributed by atoms with Gasteiger partial charge in [-0.1, -0.05) is 29.3 Å². The van der Waals surface area contributed by atoms with Crippen molar-refractivity contribution < 1.29 is 14.6 Å². The lowest BCUT2D eigenvalue weighted by Crippen LogP contribution is -2.53. The summed E-state index contributed by atoms with van der Waals surface area (Å²) in [6.07, 6.45) is 0.0162. The number of rotatable bonds is 4. The molecule has 0 radical (unpaired) electrons. The summed E-state index contributed by atoms with van der Waals surface area (Å²) in [7, 11) is 0. The third-order valence-corrected chi connectivity index (χ3v) is 4.13. The Labute approximate surface area is 140 Å². The van der Waals surface area contributed by atoms with Crippen molar-refractivity contribution in [2.75, 3.05) is 19.8 Å². The van der Waals surface area contributed by atoms with Crippen LogP contribution in [0.25, 0.3) is 0 Å². The zero-order valence-corrected chi connectivity index (χ0v) is 13.9. The number of carbonyl (C=O) groups excluding carboxylic acids is 1. The van der Waals surface area contributed by atoms with E-state index in [1.54, 1.807) is 30.0 Å². The van der Waals surface area contributed by atoms with Gasteiger partial charge < -0.3 is 20.1 Å². The molecule has 0 saturated carbocycles. The summed E-state index contributed by atoms with van der Waals surface area (Å²) in [5.74, 6) is 0. The second kappa shape index (κ2) is 8.02. The monoisotopic (exact) mass is 346 g/mol. The van der Waals surface area contributed by atoms with Crippen molar-refractivity contribution in [1.29, 1.82) is 0 Å². The van der Waals surface area contributed by atoms with E-state index < -0.39 is 6.10 Å². The molecule has 1 aliphatic heterocycles. The minimum absolute atomic E-state index is 0.116. The Hall–Kier alpha value is -1.01. The van der Waals surface area contributed by atoms with E-state index in [0.29, 0.717) is 42.8 Å². The lowest BCUT2D eigenvalue weighted by atomic mass is 10.1. The maximum absolute atomic E-state index is 12.4. The highest BCUT2D eigenvalue weighted by atomic mass is 35.5. The maximum Gasteiger partial charge on any atom is 0.318 e. The molecule has 2 unspecified atom stereocenters. The molecule has 5 nitrogen and oxygen atoms in total. The molecule has 1 fully saturated rings. The van der Waals surface area contributed by atoms with Crippen LogP contribution in [0.15, 0.2) is 18.2 Å². The summed E-state index contributed by atoms with van der Waals surface area (Å²) in [6.45, 7) is 3.49. The first-order valence-corrected chi connectivity index (χ1v) is 7.97. The number of hydrogen-bond donors (Lipinski definition) is 2. The summed E-state index contributed by atoms with van der Waals surface area (Å²) in [5.41, 5.74) is 0.805. The fraction of sp³-hybridized carbons (Fsp3) is 0.533. The van der Waals surface area contributed by atoms with Crippen molar-refractivity contribution in [2.45, 2.75) is 32.0 Å². The Morgan fingerprint density at radius 1 is 1.55 bits per heavy atom. The van der Waals surface area contributed by atoms with Crippen molar-refractivity contribution in [3.8, 4) is 0 Å². The highest BCUT2D eigenvalue weighted by Gasteiger charge is 2.28. The third kappa shape index (κ3) is 4.74. The highest BCUT2D eigenvalue weighted by molar-refractivity contribution is 6.35. The number of hydrogen-bond acceptors (Lipinski definition) is 3. The molecule has 0 spiro atoms. The summed E-state index contributed by atoms with van der Waals surface area (Å²) in [5, 5.41) is 13.5. The molecule has 1 saturated heterocycles. The van der Waals surface area contributed by atoms with Gasteiger partial charge in [-0.3, -0.25) is 0 Å². The quantitative estimate of drug-likeness (QED) is 0.880. The van der Waals surface area contributed by atoms with Gasteiger partial charge in [-0.2, -0.15) is 0 Å². The molecule has 7 heteroatoms. The fourth-order valence-electron chi connectivity index (χ4n) is 2.45. The topological polar surface area (TPSA) is 61.8 Å². The van der Waals surface area contributed by atoms with Crippen LogP contribution in [0.1, 0.15) is 18.9 Å². The number of nitrogens with one attached hydrogen (secondary N) is 1. The Bertz CT molecular complexity index is 526.